The number of rotatable bonds is 6. The summed E-state index contributed by atoms with van der Waals surface area (Å²) in [6.07, 6.45) is 0.993. The number of nitrogens with two attached hydrogens (primary N) is 1. The molecule has 0 spiro atoms. The average Bonchev–Trinajstić information content (AvgIpc) is 2.60. The summed E-state index contributed by atoms with van der Waals surface area (Å²) in [5, 5.41) is 4.14. The summed E-state index contributed by atoms with van der Waals surface area (Å²) in [5.74, 6) is 0. The van der Waals surface area contributed by atoms with Gasteiger partial charge in [-0.25, -0.2) is 8.42 Å². The van der Waals surface area contributed by atoms with Gasteiger partial charge in [0.2, 0.25) is 10.0 Å². The van der Waals surface area contributed by atoms with Gasteiger partial charge in [0.05, 0.1) is 21.9 Å². The molecule has 0 atom stereocenters. The van der Waals surface area contributed by atoms with Gasteiger partial charge in [-0.3, -0.25) is 4.68 Å². The van der Waals surface area contributed by atoms with Crippen LogP contribution >= 0.6 is 12.2 Å². The van der Waals surface area contributed by atoms with Crippen LogP contribution in [-0.4, -0.2) is 28.7 Å². The van der Waals surface area contributed by atoms with E-state index in [0.29, 0.717) is 24.2 Å². The first-order valence-corrected chi connectivity index (χ1v) is 8.34. The van der Waals surface area contributed by atoms with E-state index in [-0.39, 0.29) is 9.88 Å². The van der Waals surface area contributed by atoms with E-state index >= 15 is 0 Å². The lowest BCUT2D eigenvalue weighted by Gasteiger charge is -2.31. The summed E-state index contributed by atoms with van der Waals surface area (Å²) >= 11 is 5.05. The quantitative estimate of drug-likeness (QED) is 0.768. The van der Waals surface area contributed by atoms with Crippen LogP contribution in [0, 0.1) is 13.8 Å². The van der Waals surface area contributed by atoms with Gasteiger partial charge in [-0.1, -0.05) is 26.1 Å². The van der Waals surface area contributed by atoms with Crippen LogP contribution in [0.15, 0.2) is 4.90 Å². The standard InChI is InChI=1S/C12H22N4O2S2/c1-6-12(7-2,11(13)19)15-20(17,18)10-8(3)14-16(5)9(10)4/h15H,6-7H2,1-5H3,(H2,13,19). The molecule has 0 saturated carbocycles. The van der Waals surface area contributed by atoms with Crippen molar-refractivity contribution < 1.29 is 8.42 Å². The maximum absolute atomic E-state index is 12.6. The zero-order valence-electron chi connectivity index (χ0n) is 12.5. The molecule has 0 saturated heterocycles. The highest BCUT2D eigenvalue weighted by Gasteiger charge is 2.37. The number of hydrogen-bond acceptors (Lipinski definition) is 4. The Morgan fingerprint density at radius 3 is 2.20 bits per heavy atom. The van der Waals surface area contributed by atoms with Gasteiger partial charge in [0.1, 0.15) is 4.90 Å². The minimum atomic E-state index is -3.73. The van der Waals surface area contributed by atoms with Crippen molar-refractivity contribution in [2.24, 2.45) is 12.8 Å². The topological polar surface area (TPSA) is 90.0 Å². The zero-order chi connectivity index (χ0) is 15.7. The Morgan fingerprint density at radius 2 is 1.90 bits per heavy atom. The van der Waals surface area contributed by atoms with Crippen molar-refractivity contribution in [1.29, 1.82) is 0 Å². The molecule has 20 heavy (non-hydrogen) atoms. The van der Waals surface area contributed by atoms with E-state index in [2.05, 4.69) is 9.82 Å². The van der Waals surface area contributed by atoms with Gasteiger partial charge in [-0.2, -0.15) is 9.82 Å². The minimum Gasteiger partial charge on any atom is -0.392 e. The van der Waals surface area contributed by atoms with E-state index < -0.39 is 15.6 Å². The molecule has 8 heteroatoms. The predicted octanol–water partition coefficient (Wildman–Crippen LogP) is 1.16. The van der Waals surface area contributed by atoms with Crippen LogP contribution in [0.25, 0.3) is 0 Å². The van der Waals surface area contributed by atoms with E-state index in [0.717, 1.165) is 0 Å². The first kappa shape index (κ1) is 17.1. The molecule has 1 heterocycles. The molecule has 114 valence electrons. The van der Waals surface area contributed by atoms with Crippen LogP contribution in [0.1, 0.15) is 38.1 Å². The SMILES string of the molecule is CCC(CC)(NS(=O)(=O)c1c(C)nn(C)c1C)C(N)=S. The smallest absolute Gasteiger partial charge is 0.245 e. The Hall–Kier alpha value is -0.990. The average molecular weight is 318 g/mol. The molecule has 0 aliphatic heterocycles. The van der Waals surface area contributed by atoms with Gasteiger partial charge in [-0.05, 0) is 26.7 Å². The highest BCUT2D eigenvalue weighted by Crippen LogP contribution is 2.24. The van der Waals surface area contributed by atoms with Crippen molar-refractivity contribution in [2.75, 3.05) is 0 Å². The summed E-state index contributed by atoms with van der Waals surface area (Å²) in [6, 6.07) is 0. The summed E-state index contributed by atoms with van der Waals surface area (Å²) in [7, 11) is -2.02. The number of nitrogens with one attached hydrogen (secondary N) is 1. The predicted molar refractivity (Wildman–Crippen MR) is 83.1 cm³/mol. The van der Waals surface area contributed by atoms with Gasteiger partial charge < -0.3 is 5.73 Å². The molecular formula is C12H22N4O2S2. The lowest BCUT2D eigenvalue weighted by Crippen LogP contribution is -2.55. The Labute approximate surface area is 125 Å². The fourth-order valence-electron chi connectivity index (χ4n) is 2.24. The van der Waals surface area contributed by atoms with Crippen molar-refractivity contribution in [1.82, 2.24) is 14.5 Å². The molecule has 0 unspecified atom stereocenters. The molecule has 0 bridgehead atoms. The molecule has 1 aromatic rings. The van der Waals surface area contributed by atoms with Gasteiger partial charge in [0.25, 0.3) is 0 Å². The molecule has 3 N–H and O–H groups in total. The Kier molecular flexibility index (Phi) is 4.94. The van der Waals surface area contributed by atoms with Crippen molar-refractivity contribution in [3.63, 3.8) is 0 Å². The van der Waals surface area contributed by atoms with E-state index in [9.17, 15) is 8.42 Å². The van der Waals surface area contributed by atoms with Crippen LogP contribution in [0.4, 0.5) is 0 Å². The number of aromatic nitrogens is 2. The number of nitrogens with zero attached hydrogens (tertiary/aromatic N) is 2. The third-order valence-electron chi connectivity index (χ3n) is 3.72. The first-order chi connectivity index (χ1) is 9.11. The normalized spacial score (nSPS) is 12.7. The van der Waals surface area contributed by atoms with Crippen molar-refractivity contribution in [2.45, 2.75) is 51.0 Å². The third-order valence-corrected chi connectivity index (χ3v) is 5.90. The molecule has 1 aromatic heterocycles. The Balaban J connectivity index is 3.34. The molecule has 1 rings (SSSR count). The minimum absolute atomic E-state index is 0.158. The lowest BCUT2D eigenvalue weighted by atomic mass is 9.94. The second-order valence-electron chi connectivity index (χ2n) is 4.88. The Morgan fingerprint density at radius 1 is 1.40 bits per heavy atom. The first-order valence-electron chi connectivity index (χ1n) is 6.45. The molecule has 0 aliphatic rings. The largest absolute Gasteiger partial charge is 0.392 e. The van der Waals surface area contributed by atoms with Crippen LogP contribution in [-0.2, 0) is 17.1 Å². The Bertz CT molecular complexity index is 616. The maximum atomic E-state index is 12.6. The summed E-state index contributed by atoms with van der Waals surface area (Å²) in [5.41, 5.74) is 5.89. The van der Waals surface area contributed by atoms with Crippen LogP contribution in [0.2, 0.25) is 0 Å². The second kappa shape index (κ2) is 5.79. The van der Waals surface area contributed by atoms with Gasteiger partial charge >= 0.3 is 0 Å². The molecule has 0 radical (unpaired) electrons. The fourth-order valence-corrected chi connectivity index (χ4v) is 4.61. The van der Waals surface area contributed by atoms with Gasteiger partial charge in [0, 0.05) is 7.05 Å². The van der Waals surface area contributed by atoms with Crippen molar-refractivity contribution >= 4 is 27.2 Å². The summed E-state index contributed by atoms with van der Waals surface area (Å²) in [4.78, 5) is 0.354. The van der Waals surface area contributed by atoms with E-state index in [1.165, 1.54) is 0 Å². The molecule has 0 aliphatic carbocycles. The lowest BCUT2D eigenvalue weighted by molar-refractivity contribution is 0.465. The van der Waals surface area contributed by atoms with Gasteiger partial charge in [-0.15, -0.1) is 0 Å². The number of sulfonamides is 1. The number of hydrogen-bond donors (Lipinski definition) is 2. The molecule has 0 fully saturated rings. The van der Waals surface area contributed by atoms with E-state index in [1.807, 2.05) is 13.8 Å². The number of thiocarbonyl (C=S) groups is 1. The highest BCUT2D eigenvalue weighted by atomic mass is 32.2. The third kappa shape index (κ3) is 2.87. The van der Waals surface area contributed by atoms with E-state index in [1.54, 1.807) is 25.6 Å². The summed E-state index contributed by atoms with van der Waals surface area (Å²) in [6.45, 7) is 7.10. The van der Waals surface area contributed by atoms with E-state index in [4.69, 9.17) is 18.0 Å². The second-order valence-corrected chi connectivity index (χ2v) is 6.94. The molecule has 0 amide bonds. The maximum Gasteiger partial charge on any atom is 0.245 e. The van der Waals surface area contributed by atoms with Crippen LogP contribution in [0.5, 0.6) is 0 Å². The fraction of sp³-hybridized carbons (Fsp3) is 0.667. The van der Waals surface area contributed by atoms with Crippen molar-refractivity contribution in [3.8, 4) is 0 Å². The zero-order valence-corrected chi connectivity index (χ0v) is 14.2. The van der Waals surface area contributed by atoms with Gasteiger partial charge in [0.15, 0.2) is 0 Å². The monoisotopic (exact) mass is 318 g/mol. The van der Waals surface area contributed by atoms with Crippen LogP contribution < -0.4 is 10.5 Å². The molecular weight excluding hydrogens is 296 g/mol. The number of aryl methyl sites for hydroxylation is 2. The highest BCUT2D eigenvalue weighted by molar-refractivity contribution is 7.89. The summed E-state index contributed by atoms with van der Waals surface area (Å²) < 4.78 is 29.5. The van der Waals surface area contributed by atoms with Crippen molar-refractivity contribution in [3.05, 3.63) is 11.4 Å². The molecule has 6 nitrogen and oxygen atoms in total. The van der Waals surface area contributed by atoms with Crippen LogP contribution in [0.3, 0.4) is 0 Å². The molecule has 0 aromatic carbocycles.